The molecule has 1 aliphatic heterocycles. The van der Waals surface area contributed by atoms with Crippen molar-refractivity contribution in [2.45, 2.75) is 42.5 Å². The van der Waals surface area contributed by atoms with Gasteiger partial charge in [0.25, 0.3) is 20.2 Å². The van der Waals surface area contributed by atoms with Gasteiger partial charge in [-0.2, -0.15) is 16.8 Å². The SMILES string of the molecule is Cc1ccccc1Nc1ccc2c(c1)OC1=CC(Nc3ccc(S(=O)(=O)O)cc3C(C)C)C=CC1=C2c1ccccc1S(=O)(=O)O. The van der Waals surface area contributed by atoms with E-state index in [0.717, 1.165) is 16.9 Å². The fourth-order valence-electron chi connectivity index (χ4n) is 5.68. The number of allylic oxidation sites excluding steroid dienone is 1. The minimum Gasteiger partial charge on any atom is -0.456 e. The smallest absolute Gasteiger partial charge is 0.295 e. The van der Waals surface area contributed by atoms with Crippen molar-refractivity contribution in [1.29, 1.82) is 0 Å². The lowest BCUT2D eigenvalue weighted by atomic mass is 9.87. The second kappa shape index (κ2) is 11.9. The molecule has 1 atom stereocenters. The van der Waals surface area contributed by atoms with Crippen LogP contribution >= 0.6 is 0 Å². The van der Waals surface area contributed by atoms with Gasteiger partial charge in [0.05, 0.1) is 10.9 Å². The summed E-state index contributed by atoms with van der Waals surface area (Å²) in [7, 11) is -8.93. The van der Waals surface area contributed by atoms with Crippen LogP contribution in [0.4, 0.5) is 17.1 Å². The van der Waals surface area contributed by atoms with E-state index in [0.29, 0.717) is 45.0 Å². The lowest BCUT2D eigenvalue weighted by Crippen LogP contribution is -2.22. The summed E-state index contributed by atoms with van der Waals surface area (Å²) in [5, 5.41) is 6.84. The van der Waals surface area contributed by atoms with Crippen molar-refractivity contribution in [3.8, 4) is 5.75 Å². The summed E-state index contributed by atoms with van der Waals surface area (Å²) < 4.78 is 74.7. The van der Waals surface area contributed by atoms with Crippen molar-refractivity contribution in [2.24, 2.45) is 0 Å². The molecule has 0 spiro atoms. The summed E-state index contributed by atoms with van der Waals surface area (Å²) in [5.41, 5.74) is 6.33. The highest BCUT2D eigenvalue weighted by molar-refractivity contribution is 7.86. The molecule has 1 heterocycles. The number of fused-ring (bicyclic) bond motifs is 2. The molecule has 0 saturated carbocycles. The highest BCUT2D eigenvalue weighted by Crippen LogP contribution is 2.46. The van der Waals surface area contributed by atoms with Gasteiger partial charge in [0.2, 0.25) is 0 Å². The van der Waals surface area contributed by atoms with Gasteiger partial charge in [0.1, 0.15) is 16.4 Å². The van der Waals surface area contributed by atoms with Crippen LogP contribution in [0.1, 0.15) is 42.0 Å². The summed E-state index contributed by atoms with van der Waals surface area (Å²) in [6.45, 7) is 5.85. The van der Waals surface area contributed by atoms with Gasteiger partial charge in [-0.15, -0.1) is 0 Å². The van der Waals surface area contributed by atoms with Crippen LogP contribution in [0.5, 0.6) is 5.75 Å². The first kappa shape index (κ1) is 31.3. The van der Waals surface area contributed by atoms with Gasteiger partial charge in [-0.25, -0.2) is 0 Å². The molecular formula is C35H32N2O7S2. The van der Waals surface area contributed by atoms with Crippen LogP contribution in [0.3, 0.4) is 0 Å². The molecule has 1 aliphatic carbocycles. The van der Waals surface area contributed by atoms with Gasteiger partial charge in [-0.1, -0.05) is 62.4 Å². The molecule has 1 unspecified atom stereocenters. The van der Waals surface area contributed by atoms with Crippen LogP contribution < -0.4 is 15.4 Å². The summed E-state index contributed by atoms with van der Waals surface area (Å²) in [6, 6.07) is 23.8. The Labute approximate surface area is 268 Å². The number of ether oxygens (including phenoxy) is 1. The molecule has 6 rings (SSSR count). The van der Waals surface area contributed by atoms with Crippen molar-refractivity contribution in [1.82, 2.24) is 0 Å². The Morgan fingerprint density at radius 1 is 0.804 bits per heavy atom. The standard InChI is InChI=1S/C35H32N2O7S2/c1-21(2)29-20-25(45(38,39)40)14-17-31(29)37-24-13-16-27-33(19-24)44-32-18-23(36-30-10-6-4-8-22(30)3)12-15-26(32)35(27)28-9-5-7-11-34(28)46(41,42)43/h4-21,24,36-37H,1-3H3,(H,38,39,40)(H,41,42,43). The molecule has 4 aromatic carbocycles. The van der Waals surface area contributed by atoms with E-state index in [1.165, 1.54) is 18.2 Å². The van der Waals surface area contributed by atoms with E-state index >= 15 is 0 Å². The molecule has 0 radical (unpaired) electrons. The lowest BCUT2D eigenvalue weighted by molar-refractivity contribution is 0.428. The molecule has 46 heavy (non-hydrogen) atoms. The molecule has 0 fully saturated rings. The average molecular weight is 657 g/mol. The third-order valence-corrected chi connectivity index (χ3v) is 9.69. The number of hydrogen-bond donors (Lipinski definition) is 4. The first-order chi connectivity index (χ1) is 21.8. The third-order valence-electron chi connectivity index (χ3n) is 7.93. The zero-order chi connectivity index (χ0) is 32.8. The minimum atomic E-state index is -4.56. The molecule has 0 aromatic heterocycles. The van der Waals surface area contributed by atoms with Gasteiger partial charge in [-0.05, 0) is 72.5 Å². The summed E-state index contributed by atoms with van der Waals surface area (Å²) >= 11 is 0. The molecule has 4 aromatic rings. The fourth-order valence-corrected chi connectivity index (χ4v) is 6.89. The van der Waals surface area contributed by atoms with E-state index in [2.05, 4.69) is 10.6 Å². The number of nitrogens with one attached hydrogen (secondary N) is 2. The van der Waals surface area contributed by atoms with Gasteiger partial charge in [0, 0.05) is 45.4 Å². The lowest BCUT2D eigenvalue weighted by Gasteiger charge is -2.30. The zero-order valence-corrected chi connectivity index (χ0v) is 26.9. The van der Waals surface area contributed by atoms with Gasteiger partial charge < -0.3 is 15.4 Å². The van der Waals surface area contributed by atoms with E-state index in [4.69, 9.17) is 4.74 Å². The maximum absolute atomic E-state index is 12.5. The summed E-state index contributed by atoms with van der Waals surface area (Å²) in [4.78, 5) is -0.407. The van der Waals surface area contributed by atoms with E-state index in [-0.39, 0.29) is 21.8 Å². The van der Waals surface area contributed by atoms with Crippen LogP contribution in [0.25, 0.3) is 5.57 Å². The summed E-state index contributed by atoms with van der Waals surface area (Å²) in [6.07, 6.45) is 5.59. The molecule has 4 N–H and O–H groups in total. The second-order valence-electron chi connectivity index (χ2n) is 11.5. The highest BCUT2D eigenvalue weighted by atomic mass is 32.2. The predicted molar refractivity (Wildman–Crippen MR) is 179 cm³/mol. The van der Waals surface area contributed by atoms with Gasteiger partial charge in [0.15, 0.2) is 0 Å². The Morgan fingerprint density at radius 2 is 1.54 bits per heavy atom. The maximum atomic E-state index is 12.5. The first-order valence-electron chi connectivity index (χ1n) is 14.5. The number of rotatable bonds is 8. The molecule has 11 heteroatoms. The fraction of sp³-hybridized carbons (Fsp3) is 0.143. The molecule has 0 bridgehead atoms. The van der Waals surface area contributed by atoms with Gasteiger partial charge >= 0.3 is 0 Å². The molecule has 0 saturated heterocycles. The van der Waals surface area contributed by atoms with E-state index < -0.39 is 20.2 Å². The van der Waals surface area contributed by atoms with Crippen molar-refractivity contribution < 1.29 is 30.7 Å². The molecule has 0 amide bonds. The highest BCUT2D eigenvalue weighted by Gasteiger charge is 2.31. The number of hydrogen-bond acceptors (Lipinski definition) is 7. The van der Waals surface area contributed by atoms with E-state index in [1.54, 1.807) is 24.3 Å². The zero-order valence-electron chi connectivity index (χ0n) is 25.2. The van der Waals surface area contributed by atoms with Crippen molar-refractivity contribution in [3.63, 3.8) is 0 Å². The van der Waals surface area contributed by atoms with Crippen LogP contribution in [-0.4, -0.2) is 32.0 Å². The van der Waals surface area contributed by atoms with Crippen molar-refractivity contribution in [3.05, 3.63) is 137 Å². The average Bonchev–Trinajstić information content (AvgIpc) is 3.00. The van der Waals surface area contributed by atoms with Crippen LogP contribution in [0.2, 0.25) is 0 Å². The number of anilines is 3. The monoisotopic (exact) mass is 656 g/mol. The quantitative estimate of drug-likeness (QED) is 0.142. The predicted octanol–water partition coefficient (Wildman–Crippen LogP) is 7.48. The van der Waals surface area contributed by atoms with Crippen LogP contribution in [0.15, 0.2) is 124 Å². The van der Waals surface area contributed by atoms with E-state index in [9.17, 15) is 25.9 Å². The summed E-state index contributed by atoms with van der Waals surface area (Å²) in [5.74, 6) is 0.907. The second-order valence-corrected chi connectivity index (χ2v) is 14.3. The Bertz CT molecular complexity index is 2180. The largest absolute Gasteiger partial charge is 0.456 e. The third kappa shape index (κ3) is 6.22. The first-order valence-corrected chi connectivity index (χ1v) is 17.4. The number of para-hydroxylation sites is 1. The number of benzene rings is 4. The van der Waals surface area contributed by atoms with E-state index in [1.807, 2.05) is 81.5 Å². The van der Waals surface area contributed by atoms with Crippen molar-refractivity contribution >= 4 is 42.9 Å². The number of aryl methyl sites for hydroxylation is 1. The molecule has 236 valence electrons. The Hall–Kier alpha value is -4.68. The normalized spacial score (nSPS) is 16.0. The Morgan fingerprint density at radius 3 is 2.26 bits per heavy atom. The Kier molecular flexibility index (Phi) is 8.11. The Balaban J connectivity index is 1.45. The molecule has 9 nitrogen and oxygen atoms in total. The maximum Gasteiger partial charge on any atom is 0.295 e. The van der Waals surface area contributed by atoms with Gasteiger partial charge in [-0.3, -0.25) is 9.11 Å². The molecular weight excluding hydrogens is 625 g/mol. The minimum absolute atomic E-state index is 0.0552. The van der Waals surface area contributed by atoms with Crippen LogP contribution in [0, 0.1) is 6.92 Å². The van der Waals surface area contributed by atoms with Crippen molar-refractivity contribution in [2.75, 3.05) is 10.6 Å². The van der Waals surface area contributed by atoms with Crippen LogP contribution in [-0.2, 0) is 20.2 Å². The molecule has 2 aliphatic rings. The topological polar surface area (TPSA) is 142 Å².